The predicted molar refractivity (Wildman–Crippen MR) is 261 cm³/mol. The SMILES string of the molecule is CCCCCCCCCCCCCCCCCCO.CCCCCCCCCCCCCCCCCCO.CCCCCCCCCCCCCCCCCCO.[O]=[V]. The van der Waals surface area contributed by atoms with Crippen LogP contribution in [-0.4, -0.2) is 35.1 Å². The molecule has 0 aliphatic carbocycles. The van der Waals surface area contributed by atoms with E-state index >= 15 is 0 Å². The second kappa shape index (κ2) is 72.7. The fourth-order valence-corrected chi connectivity index (χ4v) is 7.98. The van der Waals surface area contributed by atoms with Crippen molar-refractivity contribution in [3.8, 4) is 0 Å². The first-order chi connectivity index (χ1) is 29.2. The van der Waals surface area contributed by atoms with Crippen molar-refractivity contribution in [1.82, 2.24) is 0 Å². The number of aliphatic hydroxyl groups is 3. The van der Waals surface area contributed by atoms with Crippen LogP contribution in [-0.2, 0) is 21.0 Å². The molecule has 0 saturated carbocycles. The zero-order valence-electron chi connectivity index (χ0n) is 41.3. The molecule has 0 aliphatic rings. The van der Waals surface area contributed by atoms with Gasteiger partial charge < -0.3 is 15.3 Å². The van der Waals surface area contributed by atoms with Crippen LogP contribution in [0.5, 0.6) is 0 Å². The fraction of sp³-hybridized carbons (Fsp3) is 1.00. The average molecular weight is 878 g/mol. The van der Waals surface area contributed by atoms with Crippen LogP contribution in [0, 0.1) is 0 Å². The van der Waals surface area contributed by atoms with Crippen LogP contribution in [0.4, 0.5) is 0 Å². The van der Waals surface area contributed by atoms with E-state index in [9.17, 15) is 0 Å². The molecule has 359 valence electrons. The quantitative estimate of drug-likeness (QED) is 0.0532. The first-order valence-corrected chi connectivity index (χ1v) is 27.8. The normalized spacial score (nSPS) is 10.7. The second-order valence-corrected chi connectivity index (χ2v) is 18.1. The number of unbranched alkanes of at least 4 members (excludes halogenated alkanes) is 45. The van der Waals surface area contributed by atoms with Crippen molar-refractivity contribution in [2.75, 3.05) is 19.8 Å². The van der Waals surface area contributed by atoms with Gasteiger partial charge in [-0.25, -0.2) is 0 Å². The molecule has 0 unspecified atom stereocenters. The standard InChI is InChI=1S/3C18H38O.O.V/c3*1-2-3-4-5-6-7-8-9-10-11-12-13-14-15-16-17-18-19;;/h3*19H,2-18H2,1H3;;. The molecule has 0 spiro atoms. The van der Waals surface area contributed by atoms with E-state index in [1.807, 2.05) is 0 Å². The van der Waals surface area contributed by atoms with E-state index < -0.39 is 0 Å². The Labute approximate surface area is 383 Å². The van der Waals surface area contributed by atoms with Gasteiger partial charge in [0.2, 0.25) is 0 Å². The van der Waals surface area contributed by atoms with Crippen LogP contribution >= 0.6 is 0 Å². The first kappa shape index (κ1) is 65.9. The molecule has 0 aromatic carbocycles. The van der Waals surface area contributed by atoms with Gasteiger partial charge in [0.25, 0.3) is 0 Å². The van der Waals surface area contributed by atoms with Gasteiger partial charge in [-0.15, -0.1) is 0 Å². The fourth-order valence-electron chi connectivity index (χ4n) is 7.98. The van der Waals surface area contributed by atoms with Gasteiger partial charge in [-0.1, -0.05) is 310 Å². The van der Waals surface area contributed by atoms with Crippen LogP contribution in [0.25, 0.3) is 0 Å². The Kier molecular flexibility index (Phi) is 81.2. The number of rotatable bonds is 48. The Morgan fingerprint density at radius 1 is 0.186 bits per heavy atom. The van der Waals surface area contributed by atoms with E-state index in [0.29, 0.717) is 19.8 Å². The van der Waals surface area contributed by atoms with E-state index in [2.05, 4.69) is 20.8 Å². The maximum absolute atomic E-state index is 8.67. The Morgan fingerprint density at radius 2 is 0.271 bits per heavy atom. The zero-order chi connectivity index (χ0) is 44.1. The third kappa shape index (κ3) is 79.2. The molecule has 0 atom stereocenters. The zero-order valence-corrected chi connectivity index (χ0v) is 42.7. The van der Waals surface area contributed by atoms with Crippen molar-refractivity contribution in [3.05, 3.63) is 0 Å². The number of aliphatic hydroxyl groups excluding tert-OH is 3. The van der Waals surface area contributed by atoms with Gasteiger partial charge >= 0.3 is 21.0 Å². The number of hydrogen-bond donors (Lipinski definition) is 3. The summed E-state index contributed by atoms with van der Waals surface area (Å²) >= 11 is 1.06. The van der Waals surface area contributed by atoms with Gasteiger partial charge in [-0.05, 0) is 19.3 Å². The molecule has 0 radical (unpaired) electrons. The van der Waals surface area contributed by atoms with Crippen molar-refractivity contribution >= 4 is 0 Å². The number of hydrogen-bond acceptors (Lipinski definition) is 4. The maximum atomic E-state index is 8.67. The van der Waals surface area contributed by atoms with Gasteiger partial charge in [-0.2, -0.15) is 0 Å². The van der Waals surface area contributed by atoms with E-state index in [4.69, 9.17) is 19.0 Å². The molecule has 0 aromatic heterocycles. The average Bonchev–Trinajstić information content (AvgIpc) is 3.26. The van der Waals surface area contributed by atoms with Gasteiger partial charge in [0.05, 0.1) is 0 Å². The minimum absolute atomic E-state index is 0.373. The molecule has 0 rings (SSSR count). The molecular weight excluding hydrogens is 764 g/mol. The van der Waals surface area contributed by atoms with Gasteiger partial charge in [-0.3, -0.25) is 0 Å². The predicted octanol–water partition coefficient (Wildman–Crippen LogP) is 18.6. The molecule has 59 heavy (non-hydrogen) atoms. The summed E-state index contributed by atoms with van der Waals surface area (Å²) in [5.74, 6) is 0. The molecule has 0 saturated heterocycles. The second-order valence-electron chi connectivity index (χ2n) is 18.1. The molecule has 4 nitrogen and oxygen atoms in total. The van der Waals surface area contributed by atoms with Gasteiger partial charge in [0, 0.05) is 19.8 Å². The molecule has 0 bridgehead atoms. The summed E-state index contributed by atoms with van der Waals surface area (Å²) in [6, 6.07) is 0. The molecule has 3 N–H and O–H groups in total. The summed E-state index contributed by atoms with van der Waals surface area (Å²) in [4.78, 5) is 0. The Hall–Kier alpha value is 0.264. The minimum atomic E-state index is 0.373. The Balaban J connectivity index is -0.000000376. The summed E-state index contributed by atoms with van der Waals surface area (Å²) in [5.41, 5.74) is 0. The first-order valence-electron chi connectivity index (χ1n) is 27.3. The Bertz CT molecular complexity index is 492. The van der Waals surface area contributed by atoms with Crippen LogP contribution < -0.4 is 0 Å². The van der Waals surface area contributed by atoms with E-state index in [1.165, 1.54) is 289 Å². The van der Waals surface area contributed by atoms with Crippen LogP contribution in [0.15, 0.2) is 0 Å². The van der Waals surface area contributed by atoms with E-state index in [0.717, 1.165) is 36.6 Å². The summed E-state index contributed by atoms with van der Waals surface area (Å²) in [6.07, 6.45) is 66.5. The topological polar surface area (TPSA) is 77.8 Å². The van der Waals surface area contributed by atoms with E-state index in [1.54, 1.807) is 0 Å². The summed E-state index contributed by atoms with van der Waals surface area (Å²) in [6.45, 7) is 7.97. The molecule has 5 heteroatoms. The van der Waals surface area contributed by atoms with Crippen LogP contribution in [0.3, 0.4) is 0 Å². The van der Waals surface area contributed by atoms with Gasteiger partial charge in [0.1, 0.15) is 0 Å². The molecule has 0 fully saturated rings. The molecule has 0 aliphatic heterocycles. The Morgan fingerprint density at radius 3 is 0.356 bits per heavy atom. The third-order valence-electron chi connectivity index (χ3n) is 12.0. The summed E-state index contributed by atoms with van der Waals surface area (Å²) in [5, 5.41) is 26.0. The third-order valence-corrected chi connectivity index (χ3v) is 12.0. The van der Waals surface area contributed by atoms with Crippen molar-refractivity contribution in [3.63, 3.8) is 0 Å². The van der Waals surface area contributed by atoms with Crippen LogP contribution in [0.1, 0.15) is 329 Å². The molecular formula is C54H114O4V. The van der Waals surface area contributed by atoms with Crippen molar-refractivity contribution in [2.45, 2.75) is 329 Å². The van der Waals surface area contributed by atoms with E-state index in [-0.39, 0.29) is 0 Å². The molecule has 0 aromatic rings. The van der Waals surface area contributed by atoms with Crippen molar-refractivity contribution in [2.24, 2.45) is 0 Å². The summed E-state index contributed by atoms with van der Waals surface area (Å²) < 4.78 is 8.19. The molecule has 0 heterocycles. The van der Waals surface area contributed by atoms with Crippen molar-refractivity contribution < 1.29 is 36.4 Å². The van der Waals surface area contributed by atoms with Gasteiger partial charge in [0.15, 0.2) is 0 Å². The summed E-state index contributed by atoms with van der Waals surface area (Å²) in [7, 11) is 0. The monoisotopic (exact) mass is 878 g/mol. The molecule has 0 amide bonds. The van der Waals surface area contributed by atoms with Crippen LogP contribution in [0.2, 0.25) is 0 Å². The van der Waals surface area contributed by atoms with Crippen molar-refractivity contribution in [1.29, 1.82) is 0 Å².